The maximum atomic E-state index is 13.8. The molecule has 30 heavy (non-hydrogen) atoms. The van der Waals surface area contributed by atoms with E-state index in [9.17, 15) is 17.6 Å². The number of hydrogen-bond donors (Lipinski definition) is 1. The molecule has 1 heterocycles. The zero-order valence-electron chi connectivity index (χ0n) is 15.8. The Morgan fingerprint density at radius 2 is 1.70 bits per heavy atom. The zero-order valence-corrected chi connectivity index (χ0v) is 17.4. The molecule has 3 aromatic rings. The van der Waals surface area contributed by atoms with E-state index in [0.29, 0.717) is 13.0 Å². The first-order chi connectivity index (χ1) is 14.4. The fourth-order valence-corrected chi connectivity index (χ4v) is 5.06. The Morgan fingerprint density at radius 1 is 1.00 bits per heavy atom. The van der Waals surface area contributed by atoms with Crippen LogP contribution in [0.15, 0.2) is 71.6 Å². The Labute approximate surface area is 179 Å². The van der Waals surface area contributed by atoms with E-state index < -0.39 is 21.7 Å². The molecule has 0 spiro atoms. The highest BCUT2D eigenvalue weighted by molar-refractivity contribution is 7.89. The molecule has 0 saturated heterocycles. The van der Waals surface area contributed by atoms with Crippen molar-refractivity contribution in [1.82, 2.24) is 4.31 Å². The average molecular weight is 445 g/mol. The molecule has 0 saturated carbocycles. The van der Waals surface area contributed by atoms with Gasteiger partial charge in [0, 0.05) is 13.1 Å². The molecule has 3 aromatic carbocycles. The molecule has 154 valence electrons. The first-order valence-corrected chi connectivity index (χ1v) is 11.1. The van der Waals surface area contributed by atoms with E-state index >= 15 is 0 Å². The van der Waals surface area contributed by atoms with Crippen LogP contribution in [-0.2, 0) is 23.0 Å². The van der Waals surface area contributed by atoms with Gasteiger partial charge in [-0.3, -0.25) is 4.79 Å². The summed E-state index contributed by atoms with van der Waals surface area (Å²) in [4.78, 5) is 12.6. The second-order valence-electron chi connectivity index (χ2n) is 6.93. The second kappa shape index (κ2) is 8.18. The maximum absolute atomic E-state index is 13.8. The number of hydrogen-bond acceptors (Lipinski definition) is 3. The number of halogens is 2. The van der Waals surface area contributed by atoms with Crippen LogP contribution < -0.4 is 5.32 Å². The molecule has 0 aromatic heterocycles. The summed E-state index contributed by atoms with van der Waals surface area (Å²) in [6, 6.07) is 17.4. The van der Waals surface area contributed by atoms with Crippen molar-refractivity contribution >= 4 is 33.2 Å². The van der Waals surface area contributed by atoms with Gasteiger partial charge in [0.1, 0.15) is 5.82 Å². The van der Waals surface area contributed by atoms with Gasteiger partial charge in [0.2, 0.25) is 10.0 Å². The summed E-state index contributed by atoms with van der Waals surface area (Å²) in [5, 5.41) is 2.51. The first kappa shape index (κ1) is 20.5. The maximum Gasteiger partial charge on any atom is 0.257 e. The van der Waals surface area contributed by atoms with Gasteiger partial charge in [-0.2, -0.15) is 4.31 Å². The Morgan fingerprint density at radius 3 is 2.47 bits per heavy atom. The highest BCUT2D eigenvalue weighted by atomic mass is 35.5. The number of carbonyl (C=O) groups excluding carboxylic acids is 1. The highest BCUT2D eigenvalue weighted by Gasteiger charge is 2.29. The number of rotatable bonds is 4. The normalized spacial score (nSPS) is 14.2. The summed E-state index contributed by atoms with van der Waals surface area (Å²) in [6.07, 6.45) is 0.615. The molecule has 0 unspecified atom stereocenters. The molecule has 8 heteroatoms. The number of nitrogens with zero attached hydrogens (tertiary/aromatic N) is 1. The number of anilines is 1. The first-order valence-electron chi connectivity index (χ1n) is 9.28. The molecule has 5 nitrogen and oxygen atoms in total. The van der Waals surface area contributed by atoms with Crippen molar-refractivity contribution in [3.63, 3.8) is 0 Å². The van der Waals surface area contributed by atoms with Gasteiger partial charge in [-0.15, -0.1) is 0 Å². The summed E-state index contributed by atoms with van der Waals surface area (Å²) in [6.45, 7) is 0.608. The van der Waals surface area contributed by atoms with Gasteiger partial charge in [0.15, 0.2) is 0 Å². The third-order valence-electron chi connectivity index (χ3n) is 5.04. The molecule has 1 N–H and O–H groups in total. The van der Waals surface area contributed by atoms with Crippen LogP contribution >= 0.6 is 11.6 Å². The van der Waals surface area contributed by atoms with Crippen molar-refractivity contribution in [3.8, 4) is 0 Å². The SMILES string of the molecule is O=C(Nc1ccccc1F)c1cc(S(=O)(=O)N2CCc3ccccc3C2)ccc1Cl. The lowest BCUT2D eigenvalue weighted by molar-refractivity contribution is 0.102. The number of carbonyl (C=O) groups is 1. The highest BCUT2D eigenvalue weighted by Crippen LogP contribution is 2.28. The van der Waals surface area contributed by atoms with Crippen LogP contribution in [0.1, 0.15) is 21.5 Å². The average Bonchev–Trinajstić information content (AvgIpc) is 2.75. The van der Waals surface area contributed by atoms with Gasteiger partial charge in [-0.05, 0) is 47.9 Å². The number of amides is 1. The molecule has 1 aliphatic heterocycles. The predicted molar refractivity (Wildman–Crippen MR) is 114 cm³/mol. The fourth-order valence-electron chi connectivity index (χ4n) is 3.42. The minimum Gasteiger partial charge on any atom is -0.319 e. The summed E-state index contributed by atoms with van der Waals surface area (Å²) in [7, 11) is -3.84. The predicted octanol–water partition coefficient (Wildman–Crippen LogP) is 4.48. The van der Waals surface area contributed by atoms with Crippen molar-refractivity contribution in [3.05, 3.63) is 94.3 Å². The van der Waals surface area contributed by atoms with E-state index in [-0.39, 0.29) is 27.7 Å². The van der Waals surface area contributed by atoms with E-state index in [1.165, 1.54) is 40.7 Å². The zero-order chi connectivity index (χ0) is 21.3. The Kier molecular flexibility index (Phi) is 5.60. The molecule has 0 aliphatic carbocycles. The van der Waals surface area contributed by atoms with Crippen molar-refractivity contribution in [2.24, 2.45) is 0 Å². The van der Waals surface area contributed by atoms with Crippen LogP contribution in [0.5, 0.6) is 0 Å². The quantitative estimate of drug-likeness (QED) is 0.645. The summed E-state index contributed by atoms with van der Waals surface area (Å²) in [5.74, 6) is -1.29. The summed E-state index contributed by atoms with van der Waals surface area (Å²) < 4.78 is 41.6. The molecule has 4 rings (SSSR count). The van der Waals surface area contributed by atoms with Gasteiger partial charge in [0.25, 0.3) is 5.91 Å². The van der Waals surface area contributed by atoms with Crippen molar-refractivity contribution in [2.45, 2.75) is 17.9 Å². The van der Waals surface area contributed by atoms with Crippen LogP contribution in [0.25, 0.3) is 0 Å². The van der Waals surface area contributed by atoms with Gasteiger partial charge in [0.05, 0.1) is 21.2 Å². The van der Waals surface area contributed by atoms with E-state index in [1.807, 2.05) is 24.3 Å². The van der Waals surface area contributed by atoms with Crippen LogP contribution in [-0.4, -0.2) is 25.2 Å². The molecular formula is C22H18ClFN2O3S. The minimum absolute atomic E-state index is 0.0144. The van der Waals surface area contributed by atoms with Gasteiger partial charge >= 0.3 is 0 Å². The van der Waals surface area contributed by atoms with Crippen molar-refractivity contribution in [2.75, 3.05) is 11.9 Å². The van der Waals surface area contributed by atoms with Crippen LogP contribution in [0.2, 0.25) is 5.02 Å². The van der Waals surface area contributed by atoms with Crippen LogP contribution in [0.3, 0.4) is 0 Å². The third-order valence-corrected chi connectivity index (χ3v) is 7.21. The monoisotopic (exact) mass is 444 g/mol. The lowest BCUT2D eigenvalue weighted by Crippen LogP contribution is -2.36. The largest absolute Gasteiger partial charge is 0.319 e. The van der Waals surface area contributed by atoms with Crippen molar-refractivity contribution < 1.29 is 17.6 Å². The van der Waals surface area contributed by atoms with E-state index in [2.05, 4.69) is 5.32 Å². The second-order valence-corrected chi connectivity index (χ2v) is 9.28. The van der Waals surface area contributed by atoms with Crippen LogP contribution in [0, 0.1) is 5.82 Å². The lowest BCUT2D eigenvalue weighted by Gasteiger charge is -2.28. The smallest absolute Gasteiger partial charge is 0.257 e. The molecule has 1 aliphatic rings. The number of benzene rings is 3. The molecular weight excluding hydrogens is 427 g/mol. The van der Waals surface area contributed by atoms with E-state index in [0.717, 1.165) is 11.1 Å². The standard InChI is InChI=1S/C22H18ClFN2O3S/c23-19-10-9-17(13-18(19)22(27)25-21-8-4-3-7-20(21)24)30(28,29)26-12-11-15-5-1-2-6-16(15)14-26/h1-10,13H,11-12,14H2,(H,25,27). The van der Waals surface area contributed by atoms with Gasteiger partial charge in [-0.25, -0.2) is 12.8 Å². The van der Waals surface area contributed by atoms with E-state index in [1.54, 1.807) is 6.07 Å². The topological polar surface area (TPSA) is 66.5 Å². The Hall–Kier alpha value is -2.74. The fraction of sp³-hybridized carbons (Fsp3) is 0.136. The number of fused-ring (bicyclic) bond motifs is 1. The minimum atomic E-state index is -3.84. The summed E-state index contributed by atoms with van der Waals surface area (Å²) in [5.41, 5.74) is 2.03. The molecule has 0 radical (unpaired) electrons. The van der Waals surface area contributed by atoms with Gasteiger partial charge in [-0.1, -0.05) is 48.0 Å². The Balaban J connectivity index is 1.62. The van der Waals surface area contributed by atoms with Gasteiger partial charge < -0.3 is 5.32 Å². The molecule has 1 amide bonds. The molecule has 0 atom stereocenters. The van der Waals surface area contributed by atoms with Crippen LogP contribution in [0.4, 0.5) is 10.1 Å². The number of para-hydroxylation sites is 1. The van der Waals surface area contributed by atoms with Crippen molar-refractivity contribution in [1.29, 1.82) is 0 Å². The number of nitrogens with one attached hydrogen (secondary N) is 1. The Bertz CT molecular complexity index is 1230. The number of sulfonamides is 1. The lowest BCUT2D eigenvalue weighted by atomic mass is 10.0. The third kappa shape index (κ3) is 3.96. The van der Waals surface area contributed by atoms with E-state index in [4.69, 9.17) is 11.6 Å². The molecule has 0 bridgehead atoms. The molecule has 0 fully saturated rings. The summed E-state index contributed by atoms with van der Waals surface area (Å²) >= 11 is 6.14.